The van der Waals surface area contributed by atoms with Crippen LogP contribution >= 0.6 is 0 Å². The Kier molecular flexibility index (Phi) is 6.57. The summed E-state index contributed by atoms with van der Waals surface area (Å²) in [4.78, 5) is 21.8. The fraction of sp³-hybridized carbons (Fsp3) is 0.429. The van der Waals surface area contributed by atoms with Crippen molar-refractivity contribution in [1.29, 1.82) is 0 Å². The largest absolute Gasteiger partial charge is 0.346 e. The van der Waals surface area contributed by atoms with E-state index in [9.17, 15) is 26.8 Å². The summed E-state index contributed by atoms with van der Waals surface area (Å²) < 4.78 is 54.4. The minimum atomic E-state index is -4.28. The number of nitrogens with two attached hydrogens (primary N) is 1. The van der Waals surface area contributed by atoms with Crippen LogP contribution in [0.15, 0.2) is 17.0 Å². The number of rotatable bonds is 6. The maximum absolute atomic E-state index is 13.9. The van der Waals surface area contributed by atoms with Crippen LogP contribution in [-0.2, 0) is 19.6 Å². The molecule has 0 heterocycles. The zero-order valence-electron chi connectivity index (χ0n) is 13.9. The Morgan fingerprint density at radius 3 is 2.24 bits per heavy atom. The van der Waals surface area contributed by atoms with Crippen LogP contribution in [0.3, 0.4) is 0 Å². The second-order valence-corrected chi connectivity index (χ2v) is 7.80. The van der Waals surface area contributed by atoms with Gasteiger partial charge < -0.3 is 16.4 Å². The fourth-order valence-electron chi connectivity index (χ4n) is 1.73. The highest BCUT2D eigenvalue weighted by Gasteiger charge is 2.27. The van der Waals surface area contributed by atoms with E-state index in [1.807, 2.05) is 0 Å². The van der Waals surface area contributed by atoms with Crippen molar-refractivity contribution in [2.24, 2.45) is 5.73 Å². The molecule has 0 aliphatic carbocycles. The quantitative estimate of drug-likeness (QED) is 0.556. The van der Waals surface area contributed by atoms with Gasteiger partial charge in [0.2, 0.25) is 21.8 Å². The van der Waals surface area contributed by atoms with Crippen molar-refractivity contribution >= 4 is 27.5 Å². The highest BCUT2D eigenvalue weighted by Crippen LogP contribution is 2.24. The number of nitrogens with one attached hydrogen (secondary N) is 3. The first-order valence-corrected chi connectivity index (χ1v) is 8.63. The average Bonchev–Trinajstić information content (AvgIpc) is 2.44. The molecule has 0 saturated heterocycles. The maximum atomic E-state index is 13.9. The predicted octanol–water partition coefficient (Wildman–Crippen LogP) is 0.0550. The van der Waals surface area contributed by atoms with Gasteiger partial charge in [0.05, 0.1) is 18.8 Å². The van der Waals surface area contributed by atoms with Crippen LogP contribution in [0, 0.1) is 11.6 Å². The number of benzene rings is 1. The first kappa shape index (κ1) is 20.9. The molecule has 0 fully saturated rings. The van der Waals surface area contributed by atoms with E-state index >= 15 is 0 Å². The van der Waals surface area contributed by atoms with Crippen molar-refractivity contribution in [3.8, 4) is 0 Å². The molecule has 0 aromatic heterocycles. The molecule has 5 N–H and O–H groups in total. The molecular weight excluding hydrogens is 358 g/mol. The lowest BCUT2D eigenvalue weighted by Gasteiger charge is -2.21. The predicted molar refractivity (Wildman–Crippen MR) is 87.1 cm³/mol. The van der Waals surface area contributed by atoms with Crippen molar-refractivity contribution in [3.05, 3.63) is 23.8 Å². The van der Waals surface area contributed by atoms with Gasteiger partial charge in [-0.25, -0.2) is 21.9 Å². The lowest BCUT2D eigenvalue weighted by molar-refractivity contribution is -0.123. The van der Waals surface area contributed by atoms with E-state index < -0.39 is 56.1 Å². The first-order chi connectivity index (χ1) is 11.4. The van der Waals surface area contributed by atoms with Crippen molar-refractivity contribution in [3.63, 3.8) is 0 Å². The molecule has 1 aromatic carbocycles. The van der Waals surface area contributed by atoms with E-state index in [1.165, 1.54) is 0 Å². The van der Waals surface area contributed by atoms with Crippen LogP contribution in [-0.4, -0.2) is 38.9 Å². The highest BCUT2D eigenvalue weighted by atomic mass is 32.2. The van der Waals surface area contributed by atoms with Crippen molar-refractivity contribution in [2.45, 2.75) is 31.2 Å². The minimum absolute atomic E-state index is 0.334. The Hall–Kier alpha value is -2.11. The number of carbonyl (C=O) groups is 2. The number of amides is 2. The summed E-state index contributed by atoms with van der Waals surface area (Å²) in [5, 5.41) is 4.22. The van der Waals surface area contributed by atoms with E-state index in [0.29, 0.717) is 12.1 Å². The lowest BCUT2D eigenvalue weighted by atomic mass is 10.1. The summed E-state index contributed by atoms with van der Waals surface area (Å²) in [6.45, 7) is 3.81. The van der Waals surface area contributed by atoms with Gasteiger partial charge in [0.25, 0.3) is 0 Å². The van der Waals surface area contributed by atoms with Crippen LogP contribution < -0.4 is 21.1 Å². The molecule has 0 spiro atoms. The summed E-state index contributed by atoms with van der Waals surface area (Å²) >= 11 is 0. The molecule has 0 aliphatic rings. The van der Waals surface area contributed by atoms with Crippen molar-refractivity contribution < 1.29 is 26.8 Å². The highest BCUT2D eigenvalue weighted by molar-refractivity contribution is 7.89. The second-order valence-electron chi connectivity index (χ2n) is 6.15. The summed E-state index contributed by atoms with van der Waals surface area (Å²) in [6.07, 6.45) is 0. The molecule has 0 atom stereocenters. The third-order valence-corrected chi connectivity index (χ3v) is 4.43. The van der Waals surface area contributed by atoms with Gasteiger partial charge in [0.1, 0.15) is 16.5 Å². The van der Waals surface area contributed by atoms with Crippen LogP contribution in [0.5, 0.6) is 0 Å². The molecule has 0 saturated carbocycles. The van der Waals surface area contributed by atoms with Gasteiger partial charge in [-0.05, 0) is 26.8 Å². The zero-order chi connectivity index (χ0) is 19.4. The van der Waals surface area contributed by atoms with E-state index in [2.05, 4.69) is 15.4 Å². The van der Waals surface area contributed by atoms with E-state index in [-0.39, 0.29) is 6.54 Å². The smallest absolute Gasteiger partial charge is 0.244 e. The van der Waals surface area contributed by atoms with Crippen LogP contribution in [0.2, 0.25) is 0 Å². The van der Waals surface area contributed by atoms with Crippen LogP contribution in [0.4, 0.5) is 14.5 Å². The Morgan fingerprint density at radius 2 is 1.72 bits per heavy atom. The minimum Gasteiger partial charge on any atom is -0.346 e. The molecular formula is C14H20F2N4O4S. The number of hydrogen-bond acceptors (Lipinski definition) is 5. The molecule has 140 valence electrons. The molecule has 8 nitrogen and oxygen atoms in total. The summed E-state index contributed by atoms with van der Waals surface area (Å²) in [5.74, 6) is -3.90. The number of anilines is 1. The van der Waals surface area contributed by atoms with Gasteiger partial charge >= 0.3 is 0 Å². The molecule has 0 radical (unpaired) electrons. The molecule has 2 amide bonds. The third kappa shape index (κ3) is 6.36. The zero-order valence-corrected chi connectivity index (χ0v) is 14.8. The molecule has 25 heavy (non-hydrogen) atoms. The van der Waals surface area contributed by atoms with Gasteiger partial charge in [-0.15, -0.1) is 0 Å². The fourth-order valence-corrected chi connectivity index (χ4v) is 3.24. The Morgan fingerprint density at radius 1 is 1.12 bits per heavy atom. The molecule has 0 unspecified atom stereocenters. The summed E-state index contributed by atoms with van der Waals surface area (Å²) in [7, 11) is -4.28. The van der Waals surface area contributed by atoms with E-state index in [0.717, 1.165) is 0 Å². The molecule has 1 aromatic rings. The van der Waals surface area contributed by atoms with Gasteiger partial charge in [0, 0.05) is 11.6 Å². The van der Waals surface area contributed by atoms with Gasteiger partial charge in [-0.2, -0.15) is 0 Å². The molecule has 0 aliphatic heterocycles. The SMILES string of the molecule is CC(C)(C)NS(=O)(=O)c1cc(NC(=O)CNC(=O)CN)c(F)cc1F. The van der Waals surface area contributed by atoms with E-state index in [1.54, 1.807) is 20.8 Å². The van der Waals surface area contributed by atoms with Crippen LogP contribution in [0.25, 0.3) is 0 Å². The molecule has 11 heteroatoms. The topological polar surface area (TPSA) is 130 Å². The summed E-state index contributed by atoms with van der Waals surface area (Å²) in [5.41, 5.74) is 3.62. The lowest BCUT2D eigenvalue weighted by Crippen LogP contribution is -2.41. The Bertz CT molecular complexity index is 776. The Balaban J connectivity index is 3.08. The summed E-state index contributed by atoms with van der Waals surface area (Å²) in [6, 6.07) is 1.02. The van der Waals surface area contributed by atoms with E-state index in [4.69, 9.17) is 5.73 Å². The van der Waals surface area contributed by atoms with Gasteiger partial charge in [0.15, 0.2) is 0 Å². The number of sulfonamides is 1. The van der Waals surface area contributed by atoms with Gasteiger partial charge in [-0.3, -0.25) is 9.59 Å². The van der Waals surface area contributed by atoms with Crippen LogP contribution in [0.1, 0.15) is 20.8 Å². The molecule has 1 rings (SSSR count). The average molecular weight is 378 g/mol. The number of carbonyl (C=O) groups excluding carboxylic acids is 2. The number of halogens is 2. The van der Waals surface area contributed by atoms with Crippen molar-refractivity contribution in [2.75, 3.05) is 18.4 Å². The normalized spacial score (nSPS) is 11.9. The second kappa shape index (κ2) is 7.85. The number of hydrogen-bond donors (Lipinski definition) is 4. The monoisotopic (exact) mass is 378 g/mol. The first-order valence-electron chi connectivity index (χ1n) is 7.15. The third-order valence-electron chi connectivity index (χ3n) is 2.66. The van der Waals surface area contributed by atoms with Gasteiger partial charge in [-0.1, -0.05) is 0 Å². The Labute approximate surface area is 144 Å². The standard InChI is InChI=1S/C14H20F2N4O4S/c1-14(2,3)20-25(23,24)11-5-10(8(15)4-9(11)16)19-13(22)7-18-12(21)6-17/h4-5,20H,6-7,17H2,1-3H3,(H,18,21)(H,19,22). The van der Waals surface area contributed by atoms with Crippen molar-refractivity contribution in [1.82, 2.24) is 10.0 Å². The maximum Gasteiger partial charge on any atom is 0.244 e. The molecule has 0 bridgehead atoms.